The molecule has 100 valence electrons. The number of hydrogen-bond acceptors (Lipinski definition) is 1. The third-order valence-corrected chi connectivity index (χ3v) is 1.83. The molecule has 0 radical (unpaired) electrons. The minimum Gasteiger partial charge on any atom is -0.497 e. The maximum atomic E-state index is 5.06. The molecule has 0 aliphatic carbocycles. The van der Waals surface area contributed by atoms with Crippen LogP contribution in [0, 0.1) is 17.8 Å². The summed E-state index contributed by atoms with van der Waals surface area (Å²) >= 11 is 0. The van der Waals surface area contributed by atoms with Gasteiger partial charge in [-0.1, -0.05) is 39.5 Å². The highest BCUT2D eigenvalue weighted by atomic mass is 16.5. The molecule has 0 fully saturated rings. The van der Waals surface area contributed by atoms with Crippen LogP contribution in [0.3, 0.4) is 0 Å². The van der Waals surface area contributed by atoms with E-state index in [0.717, 1.165) is 17.7 Å². The molecular formula is C17H26O. The minimum atomic E-state index is 0.640. The zero-order valence-electron chi connectivity index (χ0n) is 12.4. The van der Waals surface area contributed by atoms with Gasteiger partial charge in [0, 0.05) is 12.0 Å². The fraction of sp³-hybridized carbons (Fsp3) is 0.412. The smallest absolute Gasteiger partial charge is 0.118 e. The molecule has 1 aromatic rings. The summed E-state index contributed by atoms with van der Waals surface area (Å²) in [6.45, 7) is 14.3. The Balaban J connectivity index is 0. The third-order valence-electron chi connectivity index (χ3n) is 1.83. The standard InChI is InChI=1S/C13H16O.C2H6.C2H4/c1-11(2)5-4-6-12-7-9-13(14-3)10-8-12;2*1-2/h7-11H,5H2,1-3H3;1-2H3;1-2H2. The summed E-state index contributed by atoms with van der Waals surface area (Å²) in [7, 11) is 1.67. The van der Waals surface area contributed by atoms with Crippen LogP contribution in [0.4, 0.5) is 0 Å². The van der Waals surface area contributed by atoms with Gasteiger partial charge >= 0.3 is 0 Å². The Bertz CT molecular complexity index is 338. The van der Waals surface area contributed by atoms with E-state index in [9.17, 15) is 0 Å². The quantitative estimate of drug-likeness (QED) is 0.531. The van der Waals surface area contributed by atoms with Crippen molar-refractivity contribution >= 4 is 0 Å². The van der Waals surface area contributed by atoms with Crippen molar-refractivity contribution < 1.29 is 4.74 Å². The van der Waals surface area contributed by atoms with Crippen LogP contribution in [-0.4, -0.2) is 7.11 Å². The van der Waals surface area contributed by atoms with Gasteiger partial charge in [-0.2, -0.15) is 0 Å². The molecule has 0 aliphatic rings. The number of rotatable bonds is 2. The van der Waals surface area contributed by atoms with E-state index in [0.29, 0.717) is 5.92 Å². The maximum absolute atomic E-state index is 5.06. The van der Waals surface area contributed by atoms with Crippen molar-refractivity contribution in [2.75, 3.05) is 7.11 Å². The van der Waals surface area contributed by atoms with Crippen LogP contribution in [0.25, 0.3) is 0 Å². The Labute approximate surface area is 113 Å². The molecular weight excluding hydrogens is 220 g/mol. The predicted molar refractivity (Wildman–Crippen MR) is 81.9 cm³/mol. The molecule has 18 heavy (non-hydrogen) atoms. The Kier molecular flexibility index (Phi) is 13.9. The first-order chi connectivity index (χ1) is 8.72. The van der Waals surface area contributed by atoms with Gasteiger partial charge in [0.25, 0.3) is 0 Å². The second-order valence-electron chi connectivity index (χ2n) is 3.63. The van der Waals surface area contributed by atoms with Crippen molar-refractivity contribution in [1.82, 2.24) is 0 Å². The van der Waals surface area contributed by atoms with E-state index in [1.165, 1.54) is 0 Å². The van der Waals surface area contributed by atoms with E-state index in [1.807, 2.05) is 38.1 Å². The average molecular weight is 246 g/mol. The molecule has 1 aromatic carbocycles. The van der Waals surface area contributed by atoms with Gasteiger partial charge in [0.05, 0.1) is 7.11 Å². The number of benzene rings is 1. The van der Waals surface area contributed by atoms with Crippen molar-refractivity contribution in [3.63, 3.8) is 0 Å². The minimum absolute atomic E-state index is 0.640. The lowest BCUT2D eigenvalue weighted by Crippen LogP contribution is -1.83. The summed E-state index contributed by atoms with van der Waals surface area (Å²) in [4.78, 5) is 0. The molecule has 0 aliphatic heterocycles. The Morgan fingerprint density at radius 3 is 2.00 bits per heavy atom. The Morgan fingerprint density at radius 2 is 1.61 bits per heavy atom. The first-order valence-corrected chi connectivity index (χ1v) is 6.35. The SMILES string of the molecule is C=C.CC.COc1ccc(C#CCC(C)C)cc1. The van der Waals surface area contributed by atoms with E-state index in [2.05, 4.69) is 38.8 Å². The lowest BCUT2D eigenvalue weighted by molar-refractivity contribution is 0.415. The lowest BCUT2D eigenvalue weighted by atomic mass is 10.1. The molecule has 0 bridgehead atoms. The van der Waals surface area contributed by atoms with Crippen LogP contribution in [0.1, 0.15) is 39.7 Å². The van der Waals surface area contributed by atoms with Gasteiger partial charge in [-0.3, -0.25) is 0 Å². The summed E-state index contributed by atoms with van der Waals surface area (Å²) in [5.41, 5.74) is 1.05. The van der Waals surface area contributed by atoms with Crippen LogP contribution >= 0.6 is 0 Å². The molecule has 0 saturated carbocycles. The molecule has 0 atom stereocenters. The molecule has 0 heterocycles. The summed E-state index contributed by atoms with van der Waals surface area (Å²) in [6, 6.07) is 7.82. The summed E-state index contributed by atoms with van der Waals surface area (Å²) in [6.07, 6.45) is 0.950. The van der Waals surface area contributed by atoms with Gasteiger partial charge in [0.15, 0.2) is 0 Å². The van der Waals surface area contributed by atoms with Crippen molar-refractivity contribution in [3.8, 4) is 17.6 Å². The fourth-order valence-electron chi connectivity index (χ4n) is 1.03. The number of ether oxygens (including phenoxy) is 1. The van der Waals surface area contributed by atoms with Gasteiger partial charge in [-0.05, 0) is 30.2 Å². The normalized spacial score (nSPS) is 7.89. The topological polar surface area (TPSA) is 9.23 Å². The van der Waals surface area contributed by atoms with E-state index in [-0.39, 0.29) is 0 Å². The molecule has 0 unspecified atom stereocenters. The highest BCUT2D eigenvalue weighted by Crippen LogP contribution is 2.10. The van der Waals surface area contributed by atoms with E-state index < -0.39 is 0 Å². The molecule has 0 amide bonds. The predicted octanol–water partition coefficient (Wildman–Crippen LogP) is 4.92. The van der Waals surface area contributed by atoms with Crippen LogP contribution in [0.2, 0.25) is 0 Å². The Morgan fingerprint density at radius 1 is 1.11 bits per heavy atom. The van der Waals surface area contributed by atoms with Crippen LogP contribution in [0.5, 0.6) is 5.75 Å². The third kappa shape index (κ3) is 9.54. The van der Waals surface area contributed by atoms with Crippen molar-refractivity contribution in [2.45, 2.75) is 34.1 Å². The molecule has 0 aromatic heterocycles. The summed E-state index contributed by atoms with van der Waals surface area (Å²) in [5.74, 6) is 7.78. The average Bonchev–Trinajstić information content (AvgIpc) is 2.44. The van der Waals surface area contributed by atoms with Crippen LogP contribution in [0.15, 0.2) is 37.4 Å². The monoisotopic (exact) mass is 246 g/mol. The molecule has 1 rings (SSSR count). The largest absolute Gasteiger partial charge is 0.497 e. The molecule has 0 saturated heterocycles. The second kappa shape index (κ2) is 13.4. The van der Waals surface area contributed by atoms with Gasteiger partial charge in [-0.25, -0.2) is 0 Å². The second-order valence-corrected chi connectivity index (χ2v) is 3.63. The van der Waals surface area contributed by atoms with Gasteiger partial charge in [-0.15, -0.1) is 13.2 Å². The van der Waals surface area contributed by atoms with Crippen molar-refractivity contribution in [2.24, 2.45) is 5.92 Å². The first kappa shape index (κ1) is 18.7. The highest BCUT2D eigenvalue weighted by molar-refractivity contribution is 5.38. The molecule has 1 nitrogen and oxygen atoms in total. The van der Waals surface area contributed by atoms with E-state index in [4.69, 9.17) is 4.74 Å². The van der Waals surface area contributed by atoms with Gasteiger partial charge in [0.1, 0.15) is 5.75 Å². The van der Waals surface area contributed by atoms with Gasteiger partial charge in [0.2, 0.25) is 0 Å². The van der Waals surface area contributed by atoms with Crippen molar-refractivity contribution in [3.05, 3.63) is 43.0 Å². The fourth-order valence-corrected chi connectivity index (χ4v) is 1.03. The lowest BCUT2D eigenvalue weighted by Gasteiger charge is -1.97. The molecule has 1 heteroatoms. The maximum Gasteiger partial charge on any atom is 0.118 e. The number of hydrogen-bond donors (Lipinski definition) is 0. The molecule has 0 N–H and O–H groups in total. The molecule has 0 spiro atoms. The Hall–Kier alpha value is -1.68. The zero-order chi connectivity index (χ0) is 14.4. The summed E-state index contributed by atoms with van der Waals surface area (Å²) in [5, 5.41) is 0. The van der Waals surface area contributed by atoms with E-state index >= 15 is 0 Å². The zero-order valence-corrected chi connectivity index (χ0v) is 12.4. The van der Waals surface area contributed by atoms with Crippen LogP contribution in [-0.2, 0) is 0 Å². The number of methoxy groups -OCH3 is 1. The highest BCUT2D eigenvalue weighted by Gasteiger charge is 1.90. The summed E-state index contributed by atoms with van der Waals surface area (Å²) < 4.78 is 5.06. The van der Waals surface area contributed by atoms with Crippen LogP contribution < -0.4 is 4.74 Å². The van der Waals surface area contributed by atoms with Gasteiger partial charge < -0.3 is 4.74 Å². The van der Waals surface area contributed by atoms with Crippen molar-refractivity contribution in [1.29, 1.82) is 0 Å². The van der Waals surface area contributed by atoms with E-state index in [1.54, 1.807) is 7.11 Å². The first-order valence-electron chi connectivity index (χ1n) is 6.35.